The predicted octanol–water partition coefficient (Wildman–Crippen LogP) is 3.68. The van der Waals surface area contributed by atoms with Crippen LogP contribution in [0, 0.1) is 12.8 Å². The van der Waals surface area contributed by atoms with Crippen LogP contribution in [-0.2, 0) is 0 Å². The van der Waals surface area contributed by atoms with Crippen molar-refractivity contribution < 1.29 is 14.3 Å². The van der Waals surface area contributed by atoms with Gasteiger partial charge in [-0.1, -0.05) is 18.0 Å². The quantitative estimate of drug-likeness (QED) is 0.906. The monoisotopic (exact) mass is 321 g/mol. The molecule has 1 fully saturated rings. The Balaban J connectivity index is 1.71. The number of rotatable bonds is 3. The van der Waals surface area contributed by atoms with Crippen molar-refractivity contribution in [3.05, 3.63) is 34.5 Å². The largest absolute Gasteiger partial charge is 0.451 e. The molecule has 5 heteroatoms. The Kier molecular flexibility index (Phi) is 4.41. The summed E-state index contributed by atoms with van der Waals surface area (Å²) in [7, 11) is 0. The summed E-state index contributed by atoms with van der Waals surface area (Å²) in [6.45, 7) is 2.44. The van der Waals surface area contributed by atoms with Gasteiger partial charge in [0.2, 0.25) is 0 Å². The van der Waals surface area contributed by atoms with E-state index >= 15 is 0 Å². The van der Waals surface area contributed by atoms with E-state index in [4.69, 9.17) is 16.0 Å². The smallest absolute Gasteiger partial charge is 0.287 e. The molecule has 1 saturated carbocycles. The van der Waals surface area contributed by atoms with Crippen LogP contribution in [-0.4, -0.2) is 23.7 Å². The molecule has 1 aliphatic carbocycles. The van der Waals surface area contributed by atoms with Gasteiger partial charge >= 0.3 is 0 Å². The average Bonchev–Trinajstić information content (AvgIpc) is 2.82. The van der Waals surface area contributed by atoms with E-state index in [2.05, 4.69) is 5.32 Å². The molecule has 1 heterocycles. The average molecular weight is 322 g/mol. The third-order valence-electron chi connectivity index (χ3n) is 4.41. The van der Waals surface area contributed by atoms with Crippen molar-refractivity contribution in [1.82, 2.24) is 5.32 Å². The molecule has 0 saturated heterocycles. The number of hydrogen-bond acceptors (Lipinski definition) is 3. The van der Waals surface area contributed by atoms with Gasteiger partial charge < -0.3 is 14.8 Å². The maximum Gasteiger partial charge on any atom is 0.287 e. The Bertz CT molecular complexity index is 695. The Morgan fingerprint density at radius 1 is 1.45 bits per heavy atom. The van der Waals surface area contributed by atoms with E-state index in [0.717, 1.165) is 36.6 Å². The second-order valence-corrected chi connectivity index (χ2v) is 6.53. The lowest BCUT2D eigenvalue weighted by atomic mass is 9.87. The van der Waals surface area contributed by atoms with Crippen molar-refractivity contribution in [3.63, 3.8) is 0 Å². The molecule has 1 amide bonds. The Morgan fingerprint density at radius 2 is 2.27 bits per heavy atom. The number of carbonyl (C=O) groups excluding carboxylic acids is 1. The highest BCUT2D eigenvalue weighted by Gasteiger charge is 2.22. The maximum absolute atomic E-state index is 12.3. The summed E-state index contributed by atoms with van der Waals surface area (Å²) < 4.78 is 5.66. The zero-order valence-corrected chi connectivity index (χ0v) is 13.3. The molecule has 1 aromatic heterocycles. The van der Waals surface area contributed by atoms with Gasteiger partial charge in [-0.2, -0.15) is 0 Å². The lowest BCUT2D eigenvalue weighted by molar-refractivity contribution is 0.0854. The molecular formula is C17H20ClNO3. The molecule has 118 valence electrons. The van der Waals surface area contributed by atoms with Crippen LogP contribution in [0.2, 0.25) is 5.02 Å². The van der Waals surface area contributed by atoms with Crippen molar-refractivity contribution >= 4 is 28.5 Å². The molecule has 2 unspecified atom stereocenters. The molecule has 4 nitrogen and oxygen atoms in total. The molecule has 3 rings (SSSR count). The predicted molar refractivity (Wildman–Crippen MR) is 86.3 cm³/mol. The topological polar surface area (TPSA) is 62.5 Å². The molecule has 0 spiro atoms. The summed E-state index contributed by atoms with van der Waals surface area (Å²) in [5.74, 6) is 0.477. The van der Waals surface area contributed by atoms with E-state index in [-0.39, 0.29) is 12.0 Å². The van der Waals surface area contributed by atoms with Gasteiger partial charge in [-0.25, -0.2) is 0 Å². The van der Waals surface area contributed by atoms with Gasteiger partial charge in [0.25, 0.3) is 5.91 Å². The maximum atomic E-state index is 12.3. The summed E-state index contributed by atoms with van der Waals surface area (Å²) in [5, 5.41) is 14.1. The molecule has 2 N–H and O–H groups in total. The first-order valence-electron chi connectivity index (χ1n) is 7.69. The van der Waals surface area contributed by atoms with E-state index in [1.165, 1.54) is 0 Å². The highest BCUT2D eigenvalue weighted by atomic mass is 35.5. The van der Waals surface area contributed by atoms with Crippen LogP contribution in [0.1, 0.15) is 41.8 Å². The zero-order valence-electron chi connectivity index (χ0n) is 12.6. The zero-order chi connectivity index (χ0) is 15.7. The fourth-order valence-corrected chi connectivity index (χ4v) is 3.35. The van der Waals surface area contributed by atoms with Gasteiger partial charge in [0.05, 0.1) is 6.10 Å². The first kappa shape index (κ1) is 15.4. The van der Waals surface area contributed by atoms with Crippen molar-refractivity contribution in [2.45, 2.75) is 38.7 Å². The minimum Gasteiger partial charge on any atom is -0.451 e. The third kappa shape index (κ3) is 3.13. The van der Waals surface area contributed by atoms with Gasteiger partial charge in [0, 0.05) is 22.5 Å². The van der Waals surface area contributed by atoms with E-state index in [1.54, 1.807) is 12.1 Å². The number of carbonyl (C=O) groups is 1. The first-order valence-corrected chi connectivity index (χ1v) is 8.07. The van der Waals surface area contributed by atoms with Crippen LogP contribution in [0.5, 0.6) is 0 Å². The highest BCUT2D eigenvalue weighted by Crippen LogP contribution is 2.28. The first-order chi connectivity index (χ1) is 10.5. The number of hydrogen-bond donors (Lipinski definition) is 2. The summed E-state index contributed by atoms with van der Waals surface area (Å²) in [4.78, 5) is 12.3. The van der Waals surface area contributed by atoms with E-state index < -0.39 is 0 Å². The Labute approximate surface area is 134 Å². The number of amides is 1. The van der Waals surface area contributed by atoms with Crippen molar-refractivity contribution in [3.8, 4) is 0 Å². The molecule has 2 aromatic rings. The fraction of sp³-hybridized carbons (Fsp3) is 0.471. The second kappa shape index (κ2) is 6.31. The van der Waals surface area contributed by atoms with Gasteiger partial charge in [0.15, 0.2) is 5.76 Å². The van der Waals surface area contributed by atoms with Crippen molar-refractivity contribution in [2.24, 2.45) is 5.92 Å². The molecule has 2 atom stereocenters. The Morgan fingerprint density at radius 3 is 3.05 bits per heavy atom. The normalized spacial score (nSPS) is 22.0. The lowest BCUT2D eigenvalue weighted by Crippen LogP contribution is -2.33. The Hall–Kier alpha value is -1.52. The summed E-state index contributed by atoms with van der Waals surface area (Å²) in [6.07, 6.45) is 3.46. The second-order valence-electron chi connectivity index (χ2n) is 6.09. The lowest BCUT2D eigenvalue weighted by Gasteiger charge is -2.25. The number of aryl methyl sites for hydroxylation is 1. The standard InChI is InChI=1S/C17H20ClNO3/c1-10-14-8-12(18)5-6-15(14)22-16(10)17(21)19-9-11-3-2-4-13(20)7-11/h5-6,8,11,13,20H,2-4,7,9H2,1H3,(H,19,21). The van der Waals surface area contributed by atoms with E-state index in [1.807, 2.05) is 13.0 Å². The number of nitrogens with one attached hydrogen (secondary N) is 1. The van der Waals surface area contributed by atoms with Crippen LogP contribution in [0.25, 0.3) is 11.0 Å². The van der Waals surface area contributed by atoms with Crippen LogP contribution in [0.4, 0.5) is 0 Å². The van der Waals surface area contributed by atoms with Gasteiger partial charge in [0.1, 0.15) is 5.58 Å². The van der Waals surface area contributed by atoms with Gasteiger partial charge in [-0.3, -0.25) is 4.79 Å². The number of aliphatic hydroxyl groups excluding tert-OH is 1. The van der Waals surface area contributed by atoms with E-state index in [9.17, 15) is 9.90 Å². The minimum absolute atomic E-state index is 0.204. The number of benzene rings is 1. The highest BCUT2D eigenvalue weighted by molar-refractivity contribution is 6.31. The minimum atomic E-state index is -0.231. The molecule has 22 heavy (non-hydrogen) atoms. The molecule has 0 aliphatic heterocycles. The van der Waals surface area contributed by atoms with Gasteiger partial charge in [-0.05, 0) is 50.3 Å². The summed E-state index contributed by atoms with van der Waals surface area (Å²) in [5.41, 5.74) is 1.47. The SMILES string of the molecule is Cc1c(C(=O)NCC2CCCC(O)C2)oc2ccc(Cl)cc12. The number of fused-ring (bicyclic) bond motifs is 1. The number of halogens is 1. The molecule has 0 bridgehead atoms. The third-order valence-corrected chi connectivity index (χ3v) is 4.65. The summed E-state index contributed by atoms with van der Waals surface area (Å²) in [6, 6.07) is 5.33. The molecule has 0 radical (unpaired) electrons. The number of aliphatic hydroxyl groups is 1. The van der Waals surface area contributed by atoms with Gasteiger partial charge in [-0.15, -0.1) is 0 Å². The summed E-state index contributed by atoms with van der Waals surface area (Å²) >= 11 is 5.99. The fourth-order valence-electron chi connectivity index (χ4n) is 3.18. The van der Waals surface area contributed by atoms with Crippen LogP contribution in [0.15, 0.2) is 22.6 Å². The number of furan rings is 1. The van der Waals surface area contributed by atoms with Crippen LogP contribution < -0.4 is 5.32 Å². The molecular weight excluding hydrogens is 302 g/mol. The van der Waals surface area contributed by atoms with Crippen LogP contribution in [0.3, 0.4) is 0 Å². The van der Waals surface area contributed by atoms with Crippen LogP contribution >= 0.6 is 11.6 Å². The van der Waals surface area contributed by atoms with E-state index in [0.29, 0.717) is 28.8 Å². The molecule has 1 aliphatic rings. The molecule has 1 aromatic carbocycles. The van der Waals surface area contributed by atoms with Crippen molar-refractivity contribution in [1.29, 1.82) is 0 Å². The van der Waals surface area contributed by atoms with Crippen molar-refractivity contribution in [2.75, 3.05) is 6.54 Å².